The van der Waals surface area contributed by atoms with Crippen molar-refractivity contribution in [1.29, 1.82) is 0 Å². The van der Waals surface area contributed by atoms with Gasteiger partial charge in [0.2, 0.25) is 5.60 Å². The average molecular weight is 365 g/mol. The van der Waals surface area contributed by atoms with Crippen LogP contribution in [0.15, 0.2) is 72.7 Å². The van der Waals surface area contributed by atoms with Gasteiger partial charge >= 0.3 is 0 Å². The van der Waals surface area contributed by atoms with E-state index in [9.17, 15) is 9.90 Å². The van der Waals surface area contributed by atoms with Crippen molar-refractivity contribution < 1.29 is 19.4 Å². The first kappa shape index (κ1) is 18.9. The van der Waals surface area contributed by atoms with Gasteiger partial charge in [0.1, 0.15) is 0 Å². The molecule has 1 aliphatic rings. The predicted molar refractivity (Wildman–Crippen MR) is 103 cm³/mol. The zero-order valence-corrected chi connectivity index (χ0v) is 15.5. The number of ether oxygens (including phenoxy) is 2. The van der Waals surface area contributed by atoms with E-state index in [1.807, 2.05) is 30.3 Å². The summed E-state index contributed by atoms with van der Waals surface area (Å²) in [5.41, 5.74) is 2.73. The first-order chi connectivity index (χ1) is 13.1. The van der Waals surface area contributed by atoms with Gasteiger partial charge in [-0.2, -0.15) is 0 Å². The minimum Gasteiger partial charge on any atom is -0.489 e. The third-order valence-electron chi connectivity index (χ3n) is 4.84. The molecule has 2 atom stereocenters. The molecule has 0 spiro atoms. The van der Waals surface area contributed by atoms with Crippen molar-refractivity contribution in [3.63, 3.8) is 0 Å². The summed E-state index contributed by atoms with van der Waals surface area (Å²) in [6, 6.07) is 16.1. The number of carbonyl (C=O) groups is 1. The third kappa shape index (κ3) is 3.17. The Balaban J connectivity index is 2.15. The predicted octanol–water partition coefficient (Wildman–Crippen LogP) is 2.79. The number of fused-ring (bicyclic) bond motifs is 1. The molecule has 140 valence electrons. The summed E-state index contributed by atoms with van der Waals surface area (Å²) in [7, 11) is 2.98. The SMILES string of the molecule is C=C=C(OC)[C@@](O)(C(=O)N1c2ccccc2C[C@H]1COC)c1ccccc1. The van der Waals surface area contributed by atoms with Crippen LogP contribution in [0, 0.1) is 0 Å². The van der Waals surface area contributed by atoms with Crippen LogP contribution in [0.4, 0.5) is 5.69 Å². The molecule has 3 rings (SSSR count). The van der Waals surface area contributed by atoms with Gasteiger partial charge in [-0.3, -0.25) is 4.79 Å². The number of amides is 1. The maximum absolute atomic E-state index is 13.7. The number of methoxy groups -OCH3 is 2. The van der Waals surface area contributed by atoms with Gasteiger partial charge in [-0.1, -0.05) is 60.8 Å². The summed E-state index contributed by atoms with van der Waals surface area (Å²) in [6.45, 7) is 3.94. The topological polar surface area (TPSA) is 59.0 Å². The van der Waals surface area contributed by atoms with E-state index in [2.05, 4.69) is 12.3 Å². The normalized spacial score (nSPS) is 17.6. The van der Waals surface area contributed by atoms with Gasteiger partial charge in [0.05, 0.1) is 19.8 Å². The van der Waals surface area contributed by atoms with Crippen LogP contribution in [-0.2, 0) is 26.3 Å². The van der Waals surface area contributed by atoms with Crippen LogP contribution in [0.2, 0.25) is 0 Å². The van der Waals surface area contributed by atoms with E-state index in [0.29, 0.717) is 18.6 Å². The summed E-state index contributed by atoms with van der Waals surface area (Å²) in [4.78, 5) is 15.3. The van der Waals surface area contributed by atoms with Crippen LogP contribution >= 0.6 is 0 Å². The third-order valence-corrected chi connectivity index (χ3v) is 4.84. The van der Waals surface area contributed by atoms with Gasteiger partial charge in [0.15, 0.2) is 5.76 Å². The van der Waals surface area contributed by atoms with Crippen LogP contribution < -0.4 is 4.90 Å². The molecule has 0 aliphatic carbocycles. The minimum absolute atomic E-state index is 0.0424. The first-order valence-corrected chi connectivity index (χ1v) is 8.70. The number of hydrogen-bond donors (Lipinski definition) is 1. The highest BCUT2D eigenvalue weighted by Crippen LogP contribution is 2.39. The van der Waals surface area contributed by atoms with Gasteiger partial charge in [0.25, 0.3) is 5.91 Å². The molecule has 27 heavy (non-hydrogen) atoms. The van der Waals surface area contributed by atoms with Crippen molar-refractivity contribution in [3.05, 3.63) is 83.8 Å². The number of aliphatic hydroxyl groups is 1. The van der Waals surface area contributed by atoms with Crippen molar-refractivity contribution in [1.82, 2.24) is 0 Å². The molecule has 1 amide bonds. The molecule has 5 heteroatoms. The number of hydrogen-bond acceptors (Lipinski definition) is 4. The van der Waals surface area contributed by atoms with Gasteiger partial charge < -0.3 is 19.5 Å². The fourth-order valence-corrected chi connectivity index (χ4v) is 3.61. The fourth-order valence-electron chi connectivity index (χ4n) is 3.61. The molecule has 0 unspecified atom stereocenters. The highest BCUT2D eigenvalue weighted by atomic mass is 16.5. The van der Waals surface area contributed by atoms with Crippen LogP contribution in [0.25, 0.3) is 0 Å². The highest BCUT2D eigenvalue weighted by Gasteiger charge is 2.49. The molecule has 0 fully saturated rings. The lowest BCUT2D eigenvalue weighted by molar-refractivity contribution is -0.138. The molecule has 1 N–H and O–H groups in total. The first-order valence-electron chi connectivity index (χ1n) is 8.70. The molecule has 2 aromatic carbocycles. The Morgan fingerprint density at radius 3 is 2.52 bits per heavy atom. The monoisotopic (exact) mass is 365 g/mol. The second-order valence-electron chi connectivity index (χ2n) is 6.40. The number of anilines is 1. The van der Waals surface area contributed by atoms with Crippen molar-refractivity contribution in [2.45, 2.75) is 18.1 Å². The Labute approximate surface area is 159 Å². The molecule has 0 saturated heterocycles. The van der Waals surface area contributed by atoms with Crippen molar-refractivity contribution >= 4 is 11.6 Å². The molecule has 0 saturated carbocycles. The summed E-state index contributed by atoms with van der Waals surface area (Å²) in [5, 5.41) is 11.6. The fraction of sp³-hybridized carbons (Fsp3) is 0.273. The van der Waals surface area contributed by atoms with Crippen LogP contribution in [0.1, 0.15) is 11.1 Å². The molecular weight excluding hydrogens is 342 g/mol. The van der Waals surface area contributed by atoms with E-state index >= 15 is 0 Å². The van der Waals surface area contributed by atoms with Crippen molar-refractivity contribution in [3.8, 4) is 0 Å². The highest BCUT2D eigenvalue weighted by molar-refractivity contribution is 6.03. The Bertz CT molecular complexity index is 873. The lowest BCUT2D eigenvalue weighted by atomic mass is 9.89. The number of carbonyl (C=O) groups excluding carboxylic acids is 1. The van der Waals surface area contributed by atoms with E-state index in [4.69, 9.17) is 9.47 Å². The lowest BCUT2D eigenvalue weighted by Gasteiger charge is -2.35. The summed E-state index contributed by atoms with van der Waals surface area (Å²) >= 11 is 0. The summed E-state index contributed by atoms with van der Waals surface area (Å²) in [6.07, 6.45) is 0.654. The molecule has 0 bridgehead atoms. The molecule has 1 aliphatic heterocycles. The second kappa shape index (κ2) is 7.80. The Morgan fingerprint density at radius 2 is 1.89 bits per heavy atom. The van der Waals surface area contributed by atoms with Crippen molar-refractivity contribution in [2.75, 3.05) is 25.7 Å². The maximum Gasteiger partial charge on any atom is 0.272 e. The second-order valence-corrected chi connectivity index (χ2v) is 6.40. The molecule has 0 radical (unpaired) electrons. The zero-order chi connectivity index (χ0) is 19.4. The number of rotatable bonds is 6. The van der Waals surface area contributed by atoms with Crippen LogP contribution in [-0.4, -0.2) is 37.9 Å². The number of nitrogens with zero attached hydrogens (tertiary/aromatic N) is 1. The van der Waals surface area contributed by atoms with Crippen molar-refractivity contribution in [2.24, 2.45) is 0 Å². The van der Waals surface area contributed by atoms with E-state index < -0.39 is 11.5 Å². The van der Waals surface area contributed by atoms with Gasteiger partial charge in [-0.15, -0.1) is 0 Å². The molecule has 0 aromatic heterocycles. The zero-order valence-electron chi connectivity index (χ0n) is 15.5. The molecule has 5 nitrogen and oxygen atoms in total. The quantitative estimate of drug-likeness (QED) is 0.632. The van der Waals surface area contributed by atoms with Gasteiger partial charge in [0, 0.05) is 18.4 Å². The smallest absolute Gasteiger partial charge is 0.272 e. The van der Waals surface area contributed by atoms with E-state index in [0.717, 1.165) is 11.3 Å². The molecule has 1 heterocycles. The largest absolute Gasteiger partial charge is 0.489 e. The Morgan fingerprint density at radius 1 is 1.22 bits per heavy atom. The summed E-state index contributed by atoms with van der Waals surface area (Å²) < 4.78 is 10.6. The summed E-state index contributed by atoms with van der Waals surface area (Å²) in [5.74, 6) is -0.562. The standard InChI is InChI=1S/C22H23NO4/c1-4-20(27-3)22(25,17-11-6-5-7-12-17)21(24)23-18(15-26-2)14-16-10-8-9-13-19(16)23/h5-13,18,25H,1,14-15H2,2-3H3/t18-,22+/m0/s1. The Hall–Kier alpha value is -2.85. The maximum atomic E-state index is 13.7. The molecule has 2 aromatic rings. The van der Waals surface area contributed by atoms with E-state index in [1.54, 1.807) is 36.3 Å². The number of para-hydroxylation sites is 1. The number of benzene rings is 2. The van der Waals surface area contributed by atoms with E-state index in [-0.39, 0.29) is 11.8 Å². The van der Waals surface area contributed by atoms with Crippen LogP contribution in [0.5, 0.6) is 0 Å². The van der Waals surface area contributed by atoms with Gasteiger partial charge in [-0.25, -0.2) is 0 Å². The van der Waals surface area contributed by atoms with Crippen LogP contribution in [0.3, 0.4) is 0 Å². The Kier molecular flexibility index (Phi) is 5.47. The van der Waals surface area contributed by atoms with E-state index in [1.165, 1.54) is 7.11 Å². The average Bonchev–Trinajstić information content (AvgIpc) is 3.07. The van der Waals surface area contributed by atoms with Gasteiger partial charge in [-0.05, 0) is 18.1 Å². The lowest BCUT2D eigenvalue weighted by Crippen LogP contribution is -2.52. The molecular formula is C22H23NO4. The minimum atomic E-state index is -2.04.